The van der Waals surface area contributed by atoms with Crippen molar-refractivity contribution in [1.29, 1.82) is 0 Å². The molecule has 0 spiro atoms. The summed E-state index contributed by atoms with van der Waals surface area (Å²) in [5.41, 5.74) is 0. The first-order valence-electron chi connectivity index (χ1n) is 0. The van der Waals surface area contributed by atoms with Crippen molar-refractivity contribution in [2.75, 3.05) is 0 Å². The van der Waals surface area contributed by atoms with E-state index in [1.54, 1.807) is 0 Å². The minimum absolute atomic E-state index is 0. The van der Waals surface area contributed by atoms with Gasteiger partial charge in [0, 0.05) is 0 Å². The Labute approximate surface area is 130 Å². The predicted molar refractivity (Wildman–Crippen MR) is 31.2 cm³/mol. The molecule has 0 rings (SSSR count). The Morgan fingerprint density at radius 3 is 0.600 bits per heavy atom. The molecule has 0 aromatic rings. The van der Waals surface area contributed by atoms with Crippen LogP contribution in [0.5, 0.6) is 0 Å². The van der Waals surface area contributed by atoms with Crippen molar-refractivity contribution in [2.45, 2.75) is 0 Å². The molecule has 0 aliphatic carbocycles. The Balaban J connectivity index is 0. The van der Waals surface area contributed by atoms with E-state index < -0.39 is 0 Å². The molecule has 0 saturated carbocycles. The molecule has 0 heterocycles. The molecule has 0 amide bonds. The van der Waals surface area contributed by atoms with E-state index in [-0.39, 0.29) is 133 Å². The summed E-state index contributed by atoms with van der Waals surface area (Å²) in [6, 6.07) is 0. The Kier molecular flexibility index (Phi) is 190. The fraction of sp³-hybridized carbons (Fsp3) is 0. The average molecular weight is 162 g/mol. The van der Waals surface area contributed by atoms with Crippen LogP contribution < -0.4 is 0 Å². The van der Waals surface area contributed by atoms with Crippen LogP contribution in [0.4, 0.5) is 0 Å². The zero-order chi connectivity index (χ0) is 0. The summed E-state index contributed by atoms with van der Waals surface area (Å²) >= 11 is 0. The molecular weight excluding hydrogens is 152 g/mol. The zero-order valence-electron chi connectivity index (χ0n) is 9.12. The van der Waals surface area contributed by atoms with Gasteiger partial charge in [-0.05, 0) is 0 Å². The van der Waals surface area contributed by atoms with Gasteiger partial charge in [0.1, 0.15) is 0 Å². The summed E-state index contributed by atoms with van der Waals surface area (Å²) < 4.78 is 0. The molecule has 0 atom stereocenters. The van der Waals surface area contributed by atoms with Crippen molar-refractivity contribution in [1.82, 2.24) is 0 Å². The molecular formula is H10Ca3O2. The van der Waals surface area contributed by atoms with E-state index in [1.165, 1.54) is 0 Å². The van der Waals surface area contributed by atoms with Gasteiger partial charge in [-0.1, -0.05) is 0 Å². The van der Waals surface area contributed by atoms with Crippen LogP contribution in [-0.2, 0) is 0 Å². The van der Waals surface area contributed by atoms with Gasteiger partial charge < -0.3 is 19.5 Å². The SMILES string of the molecule is O.O.[Ca+2].[Ca+2].[Ca+2].[H-].[H-].[H-].[H-].[H-].[H-]. The molecule has 0 bridgehead atoms. The van der Waals surface area contributed by atoms with Gasteiger partial charge >= 0.3 is 113 Å². The summed E-state index contributed by atoms with van der Waals surface area (Å²) in [6.07, 6.45) is 0. The molecule has 2 nitrogen and oxygen atoms in total. The second kappa shape index (κ2) is 25.3. The smallest absolute Gasteiger partial charge is 1.00 e. The van der Waals surface area contributed by atoms with Crippen LogP contribution in [0, 0.1) is 0 Å². The largest absolute Gasteiger partial charge is 2.00 e. The summed E-state index contributed by atoms with van der Waals surface area (Å²) in [4.78, 5) is 0. The third kappa shape index (κ3) is 18.3. The van der Waals surface area contributed by atoms with Crippen LogP contribution in [-0.4, -0.2) is 124 Å². The van der Waals surface area contributed by atoms with E-state index in [0.717, 1.165) is 0 Å². The molecule has 0 fully saturated rings. The van der Waals surface area contributed by atoms with Crippen molar-refractivity contribution in [3.8, 4) is 0 Å². The Hall–Kier alpha value is 3.70. The third-order valence-electron chi connectivity index (χ3n) is 0. The third-order valence-corrected chi connectivity index (χ3v) is 0. The Morgan fingerprint density at radius 2 is 0.600 bits per heavy atom. The first-order valence-corrected chi connectivity index (χ1v) is 0. The van der Waals surface area contributed by atoms with Gasteiger partial charge in [0.2, 0.25) is 0 Å². The van der Waals surface area contributed by atoms with Crippen LogP contribution in [0.3, 0.4) is 0 Å². The van der Waals surface area contributed by atoms with Crippen molar-refractivity contribution in [3.63, 3.8) is 0 Å². The topological polar surface area (TPSA) is 63.0 Å². The van der Waals surface area contributed by atoms with Gasteiger partial charge in [-0.2, -0.15) is 0 Å². The first kappa shape index (κ1) is 37.7. The monoisotopic (exact) mass is 162 g/mol. The van der Waals surface area contributed by atoms with Gasteiger partial charge in [0.05, 0.1) is 0 Å². The second-order valence-corrected chi connectivity index (χ2v) is 0. The van der Waals surface area contributed by atoms with Crippen LogP contribution in [0.15, 0.2) is 0 Å². The minimum Gasteiger partial charge on any atom is -1.00 e. The molecule has 5 heteroatoms. The number of rotatable bonds is 0. The Morgan fingerprint density at radius 1 is 0.600 bits per heavy atom. The first-order chi connectivity index (χ1) is 0. The van der Waals surface area contributed by atoms with E-state index in [2.05, 4.69) is 0 Å². The van der Waals surface area contributed by atoms with Gasteiger partial charge in [0.25, 0.3) is 0 Å². The summed E-state index contributed by atoms with van der Waals surface area (Å²) in [5.74, 6) is 0. The van der Waals surface area contributed by atoms with Gasteiger partial charge in [-0.15, -0.1) is 0 Å². The fourth-order valence-corrected chi connectivity index (χ4v) is 0. The van der Waals surface area contributed by atoms with Crippen LogP contribution >= 0.6 is 0 Å². The van der Waals surface area contributed by atoms with E-state index in [1.807, 2.05) is 0 Å². The average Bonchev–Trinajstić information content (AvgIpc) is 0. The number of hydrogen-bond donors (Lipinski definition) is 0. The van der Waals surface area contributed by atoms with E-state index in [4.69, 9.17) is 0 Å². The molecule has 0 aromatic carbocycles. The van der Waals surface area contributed by atoms with E-state index >= 15 is 0 Å². The Bertz CT molecular complexity index is 15.8. The molecule has 0 radical (unpaired) electrons. The molecule has 0 aliphatic heterocycles. The molecule has 0 aliphatic rings. The normalized spacial score (nSPS) is 0. The predicted octanol–water partition coefficient (Wildman–Crippen LogP) is -2.12. The van der Waals surface area contributed by atoms with Crippen molar-refractivity contribution in [2.24, 2.45) is 0 Å². The maximum Gasteiger partial charge on any atom is 2.00 e. The summed E-state index contributed by atoms with van der Waals surface area (Å²) in [5, 5.41) is 0. The summed E-state index contributed by atoms with van der Waals surface area (Å²) in [7, 11) is 0. The van der Waals surface area contributed by atoms with Crippen LogP contribution in [0.25, 0.3) is 0 Å². The summed E-state index contributed by atoms with van der Waals surface area (Å²) in [6.45, 7) is 0. The quantitative estimate of drug-likeness (QED) is 0.366. The molecule has 5 heavy (non-hydrogen) atoms. The molecule has 4 N–H and O–H groups in total. The van der Waals surface area contributed by atoms with Gasteiger partial charge in [-0.25, -0.2) is 0 Å². The maximum atomic E-state index is 0. The standard InChI is InChI=1S/3Ca.2H2O.6H/h;;;2*1H2;;;;;;/q3*+2;;;6*-1. The molecule has 28 valence electrons. The zero-order valence-corrected chi connectivity index (χ0v) is 9.75. The van der Waals surface area contributed by atoms with E-state index in [9.17, 15) is 0 Å². The van der Waals surface area contributed by atoms with Gasteiger partial charge in [0.15, 0.2) is 0 Å². The molecule has 0 aromatic heterocycles. The van der Waals surface area contributed by atoms with Crippen molar-refractivity contribution >= 4 is 113 Å². The van der Waals surface area contributed by atoms with Crippen molar-refractivity contribution in [3.05, 3.63) is 0 Å². The molecule has 0 saturated heterocycles. The molecule has 0 unspecified atom stereocenters. The van der Waals surface area contributed by atoms with E-state index in [0.29, 0.717) is 0 Å². The van der Waals surface area contributed by atoms with Crippen molar-refractivity contribution < 1.29 is 19.5 Å². The van der Waals surface area contributed by atoms with Crippen LogP contribution in [0.1, 0.15) is 8.56 Å². The van der Waals surface area contributed by atoms with Gasteiger partial charge in [-0.3, -0.25) is 0 Å². The minimum atomic E-state index is 0. The number of hydrogen-bond acceptors (Lipinski definition) is 0. The fourth-order valence-electron chi connectivity index (χ4n) is 0. The second-order valence-electron chi connectivity index (χ2n) is 0. The van der Waals surface area contributed by atoms with Crippen LogP contribution in [0.2, 0.25) is 0 Å². The maximum absolute atomic E-state index is 0.